The lowest BCUT2D eigenvalue weighted by molar-refractivity contribution is -0.137. The Bertz CT molecular complexity index is 1010. The third-order valence-corrected chi connectivity index (χ3v) is 7.18. The van der Waals surface area contributed by atoms with E-state index in [4.69, 9.17) is 11.6 Å². The van der Waals surface area contributed by atoms with E-state index < -0.39 is 17.7 Å². The molecular weight excluding hydrogens is 403 g/mol. The molecule has 1 aliphatic heterocycles. The van der Waals surface area contributed by atoms with Crippen LogP contribution in [-0.2, 0) is 6.18 Å². The molecule has 0 unspecified atom stereocenters. The second kappa shape index (κ2) is 6.39. The maximum atomic E-state index is 13.3. The number of benzene rings is 2. The standard InChI is InChI=1S/C22H19ClF3NO2/c23-14-8-15-17-10-4-5-11(6-10)18(17)19(27-20(15)16(9-14)21(28)29)12-2-1-3-13(7-12)22(24,25)26/h1-3,7-11,17-19,27H,4-6H2,(H,28,29)/t10-,11-,17+,18-,19+/m0/s1. The Labute approximate surface area is 170 Å². The second-order valence-corrected chi connectivity index (χ2v) is 8.84. The van der Waals surface area contributed by atoms with Crippen molar-refractivity contribution in [3.8, 4) is 0 Å². The molecule has 7 heteroatoms. The van der Waals surface area contributed by atoms with E-state index in [1.807, 2.05) is 6.07 Å². The number of nitrogens with one attached hydrogen (secondary N) is 1. The van der Waals surface area contributed by atoms with Crippen molar-refractivity contribution in [3.63, 3.8) is 0 Å². The van der Waals surface area contributed by atoms with Crippen LogP contribution in [0.5, 0.6) is 0 Å². The lowest BCUT2D eigenvalue weighted by Crippen LogP contribution is -2.36. The van der Waals surface area contributed by atoms with Crippen molar-refractivity contribution < 1.29 is 23.1 Å². The minimum atomic E-state index is -4.42. The van der Waals surface area contributed by atoms with Crippen molar-refractivity contribution in [2.24, 2.45) is 17.8 Å². The number of carboxylic acid groups (broad SMARTS) is 1. The van der Waals surface area contributed by atoms with Gasteiger partial charge >= 0.3 is 12.1 Å². The zero-order valence-corrected chi connectivity index (χ0v) is 16.1. The summed E-state index contributed by atoms with van der Waals surface area (Å²) in [6.45, 7) is 0. The SMILES string of the molecule is O=C(O)c1cc(Cl)cc2c1N[C@H](c1cccc(C(F)(F)F)c1)[C@H]1[C@H]3CC[C@@H](C3)[C@H]21. The molecule has 0 saturated heterocycles. The lowest BCUT2D eigenvalue weighted by Gasteiger charge is -2.44. The van der Waals surface area contributed by atoms with Gasteiger partial charge in [-0.15, -0.1) is 0 Å². The molecule has 5 atom stereocenters. The molecule has 2 N–H and O–H groups in total. The highest BCUT2D eigenvalue weighted by Crippen LogP contribution is 2.64. The van der Waals surface area contributed by atoms with Gasteiger partial charge in [-0.1, -0.05) is 23.7 Å². The summed E-state index contributed by atoms with van der Waals surface area (Å²) in [7, 11) is 0. The molecule has 2 fully saturated rings. The number of hydrogen-bond acceptors (Lipinski definition) is 2. The summed E-state index contributed by atoms with van der Waals surface area (Å²) in [6.07, 6.45) is -1.27. The fourth-order valence-electron chi connectivity index (χ4n) is 5.96. The predicted molar refractivity (Wildman–Crippen MR) is 103 cm³/mol. The van der Waals surface area contributed by atoms with Crippen molar-refractivity contribution in [3.05, 3.63) is 63.7 Å². The quantitative estimate of drug-likeness (QED) is 0.593. The molecule has 0 radical (unpaired) electrons. The van der Waals surface area contributed by atoms with Crippen molar-refractivity contribution in [2.45, 2.75) is 37.4 Å². The molecule has 29 heavy (non-hydrogen) atoms. The van der Waals surface area contributed by atoms with Gasteiger partial charge in [-0.2, -0.15) is 13.2 Å². The van der Waals surface area contributed by atoms with Gasteiger partial charge in [0.2, 0.25) is 0 Å². The minimum absolute atomic E-state index is 0.0747. The summed E-state index contributed by atoms with van der Waals surface area (Å²) < 4.78 is 39.9. The van der Waals surface area contributed by atoms with E-state index in [2.05, 4.69) is 5.32 Å². The third-order valence-electron chi connectivity index (χ3n) is 6.96. The highest BCUT2D eigenvalue weighted by atomic mass is 35.5. The van der Waals surface area contributed by atoms with E-state index in [1.165, 1.54) is 18.2 Å². The van der Waals surface area contributed by atoms with Crippen LogP contribution in [0.15, 0.2) is 36.4 Å². The van der Waals surface area contributed by atoms with Crippen LogP contribution >= 0.6 is 11.6 Å². The van der Waals surface area contributed by atoms with E-state index in [0.29, 0.717) is 28.1 Å². The van der Waals surface area contributed by atoms with Crippen molar-refractivity contribution in [2.75, 3.05) is 5.32 Å². The van der Waals surface area contributed by atoms with Crippen LogP contribution in [0, 0.1) is 17.8 Å². The maximum Gasteiger partial charge on any atom is 0.416 e. The van der Waals surface area contributed by atoms with Crippen LogP contribution in [0.3, 0.4) is 0 Å². The predicted octanol–water partition coefficient (Wildman–Crippen LogP) is 6.35. The normalized spacial score (nSPS) is 29.9. The number of fused-ring (bicyclic) bond motifs is 7. The number of carbonyl (C=O) groups is 1. The van der Waals surface area contributed by atoms with Crippen LogP contribution in [0.25, 0.3) is 0 Å². The van der Waals surface area contributed by atoms with Gasteiger partial charge in [0, 0.05) is 5.02 Å². The Balaban J connectivity index is 1.67. The number of carboxylic acids is 1. The van der Waals surface area contributed by atoms with E-state index in [0.717, 1.165) is 30.9 Å². The summed E-state index contributed by atoms with van der Waals surface area (Å²) in [4.78, 5) is 11.9. The van der Waals surface area contributed by atoms with Gasteiger partial charge in [0.25, 0.3) is 0 Å². The summed E-state index contributed by atoms with van der Waals surface area (Å²) in [5.41, 5.74) is 1.34. The summed E-state index contributed by atoms with van der Waals surface area (Å²) in [5.74, 6) is -0.0245. The number of alkyl halides is 3. The van der Waals surface area contributed by atoms with Crippen LogP contribution in [-0.4, -0.2) is 11.1 Å². The second-order valence-electron chi connectivity index (χ2n) is 8.40. The van der Waals surface area contributed by atoms with Crippen molar-refractivity contribution in [1.82, 2.24) is 0 Å². The van der Waals surface area contributed by atoms with E-state index in [-0.39, 0.29) is 23.4 Å². The van der Waals surface area contributed by atoms with Crippen molar-refractivity contribution in [1.29, 1.82) is 0 Å². The Morgan fingerprint density at radius 2 is 1.90 bits per heavy atom. The number of halogens is 4. The molecule has 3 aliphatic rings. The number of anilines is 1. The van der Waals surface area contributed by atoms with Crippen LogP contribution in [0.2, 0.25) is 5.02 Å². The first-order chi connectivity index (χ1) is 13.7. The molecule has 0 amide bonds. The third kappa shape index (κ3) is 2.91. The lowest BCUT2D eigenvalue weighted by atomic mass is 9.67. The van der Waals surface area contributed by atoms with Gasteiger partial charge in [0.15, 0.2) is 0 Å². The van der Waals surface area contributed by atoms with E-state index >= 15 is 0 Å². The summed E-state index contributed by atoms with van der Waals surface area (Å²) >= 11 is 6.23. The Morgan fingerprint density at radius 3 is 2.62 bits per heavy atom. The topological polar surface area (TPSA) is 49.3 Å². The van der Waals surface area contributed by atoms with Gasteiger partial charge in [0.1, 0.15) is 0 Å². The van der Waals surface area contributed by atoms with Crippen molar-refractivity contribution >= 4 is 23.3 Å². The average molecular weight is 422 g/mol. The largest absolute Gasteiger partial charge is 0.478 e. The number of rotatable bonds is 2. The summed E-state index contributed by atoms with van der Waals surface area (Å²) in [6, 6.07) is 8.28. The highest BCUT2D eigenvalue weighted by molar-refractivity contribution is 6.31. The van der Waals surface area contributed by atoms with Crippen LogP contribution in [0.1, 0.15) is 58.3 Å². The van der Waals surface area contributed by atoms with Gasteiger partial charge in [-0.25, -0.2) is 4.79 Å². The fraction of sp³-hybridized carbons (Fsp3) is 0.409. The Kier molecular flexibility index (Phi) is 4.14. The zero-order valence-electron chi connectivity index (χ0n) is 15.3. The van der Waals surface area contributed by atoms with Gasteiger partial charge < -0.3 is 10.4 Å². The first-order valence-corrected chi connectivity index (χ1v) is 10.1. The monoisotopic (exact) mass is 421 g/mol. The first-order valence-electron chi connectivity index (χ1n) is 9.74. The number of hydrogen-bond donors (Lipinski definition) is 2. The summed E-state index contributed by atoms with van der Waals surface area (Å²) in [5, 5.41) is 13.4. The molecule has 5 rings (SSSR count). The Morgan fingerprint density at radius 1 is 1.14 bits per heavy atom. The van der Waals surface area contributed by atoms with Gasteiger partial charge in [-0.05, 0) is 78.3 Å². The van der Waals surface area contributed by atoms with Crippen LogP contribution < -0.4 is 5.32 Å². The van der Waals surface area contributed by atoms with Gasteiger partial charge in [0.05, 0.1) is 22.9 Å². The van der Waals surface area contributed by atoms with Gasteiger partial charge in [-0.3, -0.25) is 0 Å². The fourth-order valence-corrected chi connectivity index (χ4v) is 6.19. The molecular formula is C22H19ClF3NO2. The average Bonchev–Trinajstić information content (AvgIpc) is 3.28. The molecule has 2 aliphatic carbocycles. The number of aromatic carboxylic acids is 1. The molecule has 152 valence electrons. The van der Waals surface area contributed by atoms with Crippen LogP contribution in [0.4, 0.5) is 18.9 Å². The molecule has 3 nitrogen and oxygen atoms in total. The Hall–Kier alpha value is -2.21. The van der Waals surface area contributed by atoms with E-state index in [1.54, 1.807) is 6.07 Å². The molecule has 2 bridgehead atoms. The smallest absolute Gasteiger partial charge is 0.416 e. The molecule has 2 saturated carbocycles. The molecule has 1 heterocycles. The first kappa shape index (κ1) is 18.8. The minimum Gasteiger partial charge on any atom is -0.478 e. The highest BCUT2D eigenvalue weighted by Gasteiger charge is 2.54. The van der Waals surface area contributed by atoms with E-state index in [9.17, 15) is 23.1 Å². The molecule has 2 aromatic rings. The zero-order chi connectivity index (χ0) is 20.5. The maximum absolute atomic E-state index is 13.3. The molecule has 0 aromatic heterocycles. The molecule has 2 aromatic carbocycles. The molecule has 0 spiro atoms.